The van der Waals surface area contributed by atoms with Crippen molar-refractivity contribution in [1.82, 2.24) is 4.90 Å². The van der Waals surface area contributed by atoms with E-state index in [0.29, 0.717) is 17.8 Å². The molecule has 1 aromatic heterocycles. The van der Waals surface area contributed by atoms with E-state index in [-0.39, 0.29) is 12.5 Å². The van der Waals surface area contributed by atoms with Crippen molar-refractivity contribution in [1.29, 1.82) is 0 Å². The van der Waals surface area contributed by atoms with Crippen LogP contribution >= 0.6 is 11.3 Å². The van der Waals surface area contributed by atoms with E-state index in [9.17, 15) is 18.0 Å². The second-order valence-corrected chi connectivity index (χ2v) is 8.89. The van der Waals surface area contributed by atoms with Gasteiger partial charge in [0.25, 0.3) is 0 Å². The van der Waals surface area contributed by atoms with E-state index in [1.54, 1.807) is 6.07 Å². The number of rotatable bonds is 4. The lowest BCUT2D eigenvalue weighted by molar-refractivity contribution is -0.178. The van der Waals surface area contributed by atoms with Gasteiger partial charge in [-0.15, -0.1) is 0 Å². The molecule has 0 aromatic carbocycles. The van der Waals surface area contributed by atoms with E-state index in [1.807, 2.05) is 10.8 Å². The van der Waals surface area contributed by atoms with Crippen molar-refractivity contribution < 1.29 is 18.0 Å². The molecule has 4 bridgehead atoms. The van der Waals surface area contributed by atoms with E-state index in [0.717, 1.165) is 29.7 Å². The maximum atomic E-state index is 13.2. The molecule has 4 fully saturated rings. The number of thiophene rings is 1. The fourth-order valence-corrected chi connectivity index (χ4v) is 6.39. The molecule has 4 aliphatic rings. The number of hydrogen-bond donors (Lipinski definition) is 0. The van der Waals surface area contributed by atoms with Gasteiger partial charge in [0.2, 0.25) is 5.91 Å². The van der Waals surface area contributed by atoms with Crippen LogP contribution in [0, 0.1) is 23.2 Å². The SMILES string of the molecule is O=C(N(Cc1ccsc1)CC(F)(F)F)C12CC3CC(CC(C3)C1)C2. The average Bonchev–Trinajstić information content (AvgIpc) is 2.96. The van der Waals surface area contributed by atoms with Gasteiger partial charge < -0.3 is 4.90 Å². The Morgan fingerprint density at radius 2 is 1.75 bits per heavy atom. The summed E-state index contributed by atoms with van der Waals surface area (Å²) in [4.78, 5) is 14.3. The molecule has 1 amide bonds. The Labute approximate surface area is 144 Å². The molecule has 0 spiro atoms. The van der Waals surface area contributed by atoms with Crippen LogP contribution in [0.25, 0.3) is 0 Å². The Hall–Kier alpha value is -1.04. The normalized spacial score (nSPS) is 34.5. The van der Waals surface area contributed by atoms with Crippen LogP contribution in [-0.4, -0.2) is 23.5 Å². The topological polar surface area (TPSA) is 20.3 Å². The minimum absolute atomic E-state index is 0.0730. The van der Waals surface area contributed by atoms with Gasteiger partial charge in [-0.2, -0.15) is 24.5 Å². The Morgan fingerprint density at radius 1 is 1.17 bits per heavy atom. The van der Waals surface area contributed by atoms with Crippen molar-refractivity contribution in [2.24, 2.45) is 23.2 Å². The first kappa shape index (κ1) is 16.4. The van der Waals surface area contributed by atoms with E-state index in [2.05, 4.69) is 0 Å². The molecular weight excluding hydrogens is 335 g/mol. The predicted molar refractivity (Wildman–Crippen MR) is 86.4 cm³/mol. The molecule has 4 saturated carbocycles. The first-order valence-electron chi connectivity index (χ1n) is 8.70. The van der Waals surface area contributed by atoms with E-state index < -0.39 is 18.1 Å². The summed E-state index contributed by atoms with van der Waals surface area (Å²) >= 11 is 1.45. The Balaban J connectivity index is 1.58. The number of carbonyl (C=O) groups excluding carboxylic acids is 1. The highest BCUT2D eigenvalue weighted by atomic mass is 32.1. The van der Waals surface area contributed by atoms with Gasteiger partial charge in [0, 0.05) is 6.54 Å². The molecule has 132 valence electrons. The third-order valence-corrected chi connectivity index (χ3v) is 6.83. The molecule has 24 heavy (non-hydrogen) atoms. The number of alkyl halides is 3. The summed E-state index contributed by atoms with van der Waals surface area (Å²) < 4.78 is 39.2. The number of halogens is 3. The molecular formula is C18H22F3NOS. The maximum absolute atomic E-state index is 13.2. The van der Waals surface area contributed by atoms with E-state index in [1.165, 1.54) is 30.6 Å². The standard InChI is InChI=1S/C18H22F3NOS/c19-18(20,21)11-22(9-12-1-2-24-10-12)16(23)17-6-13-3-14(7-17)5-15(4-13)8-17/h1-2,10,13-15H,3-9,11H2. The number of nitrogens with zero attached hydrogens (tertiary/aromatic N) is 1. The summed E-state index contributed by atoms with van der Waals surface area (Å²) in [6.07, 6.45) is 1.58. The Bertz CT molecular complexity index is 575. The van der Waals surface area contributed by atoms with Crippen molar-refractivity contribution in [2.45, 2.75) is 51.2 Å². The molecule has 1 heterocycles. The lowest BCUT2D eigenvalue weighted by atomic mass is 9.49. The maximum Gasteiger partial charge on any atom is 0.406 e. The average molecular weight is 357 g/mol. The molecule has 6 heteroatoms. The van der Waals surface area contributed by atoms with Crippen molar-refractivity contribution in [3.05, 3.63) is 22.4 Å². The van der Waals surface area contributed by atoms with E-state index in [4.69, 9.17) is 0 Å². The van der Waals surface area contributed by atoms with Crippen molar-refractivity contribution in [3.8, 4) is 0 Å². The van der Waals surface area contributed by atoms with Gasteiger partial charge in [-0.3, -0.25) is 4.79 Å². The summed E-state index contributed by atoms with van der Waals surface area (Å²) in [7, 11) is 0. The molecule has 0 radical (unpaired) electrons. The molecule has 0 N–H and O–H groups in total. The minimum Gasteiger partial charge on any atom is -0.329 e. The highest BCUT2D eigenvalue weighted by molar-refractivity contribution is 7.07. The van der Waals surface area contributed by atoms with Crippen LogP contribution in [0.1, 0.15) is 44.1 Å². The largest absolute Gasteiger partial charge is 0.406 e. The third-order valence-electron chi connectivity index (χ3n) is 6.10. The molecule has 0 saturated heterocycles. The first-order chi connectivity index (χ1) is 11.3. The molecule has 4 aliphatic carbocycles. The van der Waals surface area contributed by atoms with Crippen LogP contribution in [0.5, 0.6) is 0 Å². The minimum atomic E-state index is -4.35. The lowest BCUT2D eigenvalue weighted by Crippen LogP contribution is -2.55. The fraction of sp³-hybridized carbons (Fsp3) is 0.722. The Morgan fingerprint density at radius 3 is 2.21 bits per heavy atom. The van der Waals surface area contributed by atoms with Crippen molar-refractivity contribution in [3.63, 3.8) is 0 Å². The number of carbonyl (C=O) groups is 1. The van der Waals surface area contributed by atoms with Crippen LogP contribution < -0.4 is 0 Å². The van der Waals surface area contributed by atoms with Gasteiger partial charge in [0.05, 0.1) is 5.41 Å². The summed E-state index contributed by atoms with van der Waals surface area (Å²) in [5.41, 5.74) is 0.276. The molecule has 0 atom stereocenters. The van der Waals surface area contributed by atoms with Gasteiger partial charge >= 0.3 is 6.18 Å². The van der Waals surface area contributed by atoms with Gasteiger partial charge in [0.1, 0.15) is 6.54 Å². The summed E-state index contributed by atoms with van der Waals surface area (Å²) in [5.74, 6) is 1.40. The third kappa shape index (κ3) is 3.09. The number of hydrogen-bond acceptors (Lipinski definition) is 2. The van der Waals surface area contributed by atoms with Crippen molar-refractivity contribution in [2.75, 3.05) is 6.54 Å². The van der Waals surface area contributed by atoms with Crippen molar-refractivity contribution >= 4 is 17.2 Å². The lowest BCUT2D eigenvalue weighted by Gasteiger charge is -2.56. The molecule has 0 unspecified atom stereocenters. The molecule has 0 aliphatic heterocycles. The smallest absolute Gasteiger partial charge is 0.329 e. The fourth-order valence-electron chi connectivity index (χ4n) is 5.73. The van der Waals surface area contributed by atoms with Crippen LogP contribution in [0.2, 0.25) is 0 Å². The predicted octanol–water partition coefficient (Wildman–Crippen LogP) is 4.86. The monoisotopic (exact) mass is 357 g/mol. The number of amides is 1. The molecule has 2 nitrogen and oxygen atoms in total. The van der Waals surface area contributed by atoms with Crippen LogP contribution in [-0.2, 0) is 11.3 Å². The first-order valence-corrected chi connectivity index (χ1v) is 9.64. The highest BCUT2D eigenvalue weighted by Crippen LogP contribution is 2.60. The van der Waals surface area contributed by atoms with Gasteiger partial charge in [-0.1, -0.05) is 0 Å². The zero-order valence-corrected chi connectivity index (χ0v) is 14.3. The summed E-state index contributed by atoms with van der Waals surface area (Å²) in [5, 5.41) is 3.67. The zero-order valence-electron chi connectivity index (χ0n) is 13.5. The van der Waals surface area contributed by atoms with Crippen LogP contribution in [0.3, 0.4) is 0 Å². The van der Waals surface area contributed by atoms with Crippen LogP contribution in [0.4, 0.5) is 13.2 Å². The summed E-state index contributed by atoms with van der Waals surface area (Å²) in [6, 6.07) is 1.81. The highest BCUT2D eigenvalue weighted by Gasteiger charge is 2.56. The zero-order chi connectivity index (χ0) is 16.9. The van der Waals surface area contributed by atoms with Gasteiger partial charge in [0.15, 0.2) is 0 Å². The van der Waals surface area contributed by atoms with Gasteiger partial charge in [-0.25, -0.2) is 0 Å². The second kappa shape index (κ2) is 5.75. The molecule has 5 rings (SSSR count). The quantitative estimate of drug-likeness (QED) is 0.754. The molecule has 1 aromatic rings. The second-order valence-electron chi connectivity index (χ2n) is 8.11. The van der Waals surface area contributed by atoms with Gasteiger partial charge in [-0.05, 0) is 78.7 Å². The van der Waals surface area contributed by atoms with E-state index >= 15 is 0 Å². The Kier molecular flexibility index (Phi) is 3.94. The summed E-state index contributed by atoms with van der Waals surface area (Å²) in [6.45, 7) is -1.06. The van der Waals surface area contributed by atoms with Crippen LogP contribution in [0.15, 0.2) is 16.8 Å².